The van der Waals surface area contributed by atoms with Gasteiger partial charge in [0.25, 0.3) is 0 Å². The Hall–Kier alpha value is -1.35. The van der Waals surface area contributed by atoms with E-state index in [9.17, 15) is 9.90 Å². The second kappa shape index (κ2) is 14.1. The molecule has 0 saturated carbocycles. The van der Waals surface area contributed by atoms with Crippen molar-refractivity contribution < 1.29 is 15.0 Å². The Kier molecular flexibility index (Phi) is 13.1. The quantitative estimate of drug-likeness (QED) is 0.319. The van der Waals surface area contributed by atoms with Crippen LogP contribution in [0.1, 0.15) is 58.3 Å². The molecule has 3 nitrogen and oxygen atoms in total. The van der Waals surface area contributed by atoms with Crippen LogP contribution in [-0.4, -0.2) is 22.3 Å². The third kappa shape index (κ3) is 14.7. The first-order chi connectivity index (χ1) is 9.66. The molecule has 0 radical (unpaired) electrons. The molecule has 20 heavy (non-hydrogen) atoms. The van der Waals surface area contributed by atoms with E-state index in [-0.39, 0.29) is 12.5 Å². The van der Waals surface area contributed by atoms with Crippen LogP contribution in [0.3, 0.4) is 0 Å². The van der Waals surface area contributed by atoms with E-state index in [1.54, 1.807) is 0 Å². The normalized spacial score (nSPS) is 13.7. The van der Waals surface area contributed by atoms with Crippen molar-refractivity contribution in [3.8, 4) is 0 Å². The van der Waals surface area contributed by atoms with Crippen LogP contribution < -0.4 is 0 Å². The average Bonchev–Trinajstić information content (AvgIpc) is 2.41. The van der Waals surface area contributed by atoms with Crippen LogP contribution in [0.15, 0.2) is 36.5 Å². The van der Waals surface area contributed by atoms with Crippen LogP contribution in [0.4, 0.5) is 0 Å². The van der Waals surface area contributed by atoms with E-state index < -0.39 is 5.97 Å². The maximum absolute atomic E-state index is 10.3. The third-order valence-corrected chi connectivity index (χ3v) is 2.88. The Balaban J connectivity index is 3.54. The van der Waals surface area contributed by atoms with Gasteiger partial charge in [-0.05, 0) is 25.7 Å². The minimum absolute atomic E-state index is 0.235. The fraction of sp³-hybridized carbons (Fsp3) is 0.588. The number of carboxylic acids is 1. The fourth-order valence-corrected chi connectivity index (χ4v) is 1.71. The Labute approximate surface area is 122 Å². The first-order valence-electron chi connectivity index (χ1n) is 7.55. The standard InChI is InChI=1S/C17H28O3/c1-2-3-10-13-16(18)14-11-8-6-4-5-7-9-12-15-17(19)20/h5-8,11,14,16,18H,2-4,9-10,12-13,15H2,1H3,(H,19,20)/b7-5+,8-6+,14-11-. The molecule has 0 bridgehead atoms. The van der Waals surface area contributed by atoms with E-state index in [0.29, 0.717) is 6.42 Å². The molecule has 0 aromatic carbocycles. The number of carboxylic acid groups (broad SMARTS) is 1. The molecule has 1 unspecified atom stereocenters. The summed E-state index contributed by atoms with van der Waals surface area (Å²) in [5.41, 5.74) is 0. The molecule has 0 aliphatic carbocycles. The number of allylic oxidation sites excluding steroid dienone is 5. The maximum atomic E-state index is 10.3. The number of unbranched alkanes of at least 4 members (excludes halogenated alkanes) is 3. The molecule has 0 rings (SSSR count). The minimum atomic E-state index is -0.735. The van der Waals surface area contributed by atoms with E-state index in [2.05, 4.69) is 6.92 Å². The van der Waals surface area contributed by atoms with E-state index in [4.69, 9.17) is 5.11 Å². The van der Waals surface area contributed by atoms with E-state index in [0.717, 1.165) is 25.7 Å². The van der Waals surface area contributed by atoms with Crippen molar-refractivity contribution in [3.05, 3.63) is 36.5 Å². The zero-order valence-electron chi connectivity index (χ0n) is 12.5. The van der Waals surface area contributed by atoms with Gasteiger partial charge in [-0.25, -0.2) is 0 Å². The summed E-state index contributed by atoms with van der Waals surface area (Å²) >= 11 is 0. The number of aliphatic hydroxyl groups excluding tert-OH is 1. The summed E-state index contributed by atoms with van der Waals surface area (Å²) in [7, 11) is 0. The molecule has 1 atom stereocenters. The van der Waals surface area contributed by atoms with Crippen LogP contribution in [0.25, 0.3) is 0 Å². The number of hydrogen-bond acceptors (Lipinski definition) is 2. The van der Waals surface area contributed by atoms with Crippen LogP contribution in [0.2, 0.25) is 0 Å². The number of aliphatic carboxylic acids is 1. The summed E-state index contributed by atoms with van der Waals surface area (Å²) in [5.74, 6) is -0.735. The molecule has 0 saturated heterocycles. The van der Waals surface area contributed by atoms with Gasteiger partial charge in [-0.15, -0.1) is 0 Å². The van der Waals surface area contributed by atoms with Crippen molar-refractivity contribution in [2.24, 2.45) is 0 Å². The van der Waals surface area contributed by atoms with Crippen molar-refractivity contribution in [2.45, 2.75) is 64.4 Å². The van der Waals surface area contributed by atoms with Crippen molar-refractivity contribution in [1.82, 2.24) is 0 Å². The molecular formula is C17H28O3. The first-order valence-corrected chi connectivity index (χ1v) is 7.55. The number of aliphatic hydroxyl groups is 1. The van der Waals surface area contributed by atoms with Crippen LogP contribution >= 0.6 is 0 Å². The molecule has 0 heterocycles. The molecule has 3 heteroatoms. The van der Waals surface area contributed by atoms with E-state index in [1.165, 1.54) is 12.8 Å². The van der Waals surface area contributed by atoms with Crippen LogP contribution in [0.5, 0.6) is 0 Å². The van der Waals surface area contributed by atoms with Gasteiger partial charge in [-0.1, -0.05) is 62.6 Å². The Morgan fingerprint density at radius 3 is 2.60 bits per heavy atom. The van der Waals surface area contributed by atoms with Gasteiger partial charge in [0.2, 0.25) is 0 Å². The average molecular weight is 280 g/mol. The summed E-state index contributed by atoms with van der Waals surface area (Å²) in [5, 5.41) is 18.1. The molecular weight excluding hydrogens is 252 g/mol. The summed E-state index contributed by atoms with van der Waals surface area (Å²) in [6.07, 6.45) is 18.2. The molecule has 0 aromatic rings. The maximum Gasteiger partial charge on any atom is 0.303 e. The van der Waals surface area contributed by atoms with E-state index in [1.807, 2.05) is 36.5 Å². The van der Waals surface area contributed by atoms with Crippen LogP contribution in [-0.2, 0) is 4.79 Å². The molecule has 0 spiro atoms. The predicted molar refractivity (Wildman–Crippen MR) is 83.7 cm³/mol. The smallest absolute Gasteiger partial charge is 0.303 e. The van der Waals surface area contributed by atoms with Gasteiger partial charge in [0, 0.05) is 6.42 Å². The lowest BCUT2D eigenvalue weighted by molar-refractivity contribution is -0.137. The summed E-state index contributed by atoms with van der Waals surface area (Å²) < 4.78 is 0. The molecule has 2 N–H and O–H groups in total. The fourth-order valence-electron chi connectivity index (χ4n) is 1.71. The van der Waals surface area contributed by atoms with Gasteiger partial charge in [0.1, 0.15) is 0 Å². The van der Waals surface area contributed by atoms with Gasteiger partial charge in [0.05, 0.1) is 6.10 Å². The Morgan fingerprint density at radius 2 is 1.90 bits per heavy atom. The van der Waals surface area contributed by atoms with Crippen LogP contribution in [0, 0.1) is 0 Å². The molecule has 114 valence electrons. The Bertz CT molecular complexity index is 316. The minimum Gasteiger partial charge on any atom is -0.481 e. The summed E-state index contributed by atoms with van der Waals surface area (Å²) in [6, 6.07) is 0. The number of carbonyl (C=O) groups is 1. The van der Waals surface area contributed by atoms with Gasteiger partial charge >= 0.3 is 5.97 Å². The third-order valence-electron chi connectivity index (χ3n) is 2.88. The van der Waals surface area contributed by atoms with Crippen molar-refractivity contribution >= 4 is 5.97 Å². The molecule has 0 amide bonds. The van der Waals surface area contributed by atoms with Crippen molar-refractivity contribution in [2.75, 3.05) is 0 Å². The van der Waals surface area contributed by atoms with Gasteiger partial charge in [0.15, 0.2) is 0 Å². The Morgan fingerprint density at radius 1 is 1.10 bits per heavy atom. The highest BCUT2D eigenvalue weighted by molar-refractivity contribution is 5.66. The molecule has 0 aliphatic rings. The molecule has 0 fully saturated rings. The van der Waals surface area contributed by atoms with Crippen molar-refractivity contribution in [3.63, 3.8) is 0 Å². The zero-order chi connectivity index (χ0) is 15.1. The monoisotopic (exact) mass is 280 g/mol. The second-order valence-electron chi connectivity index (χ2n) is 4.87. The topological polar surface area (TPSA) is 57.5 Å². The lowest BCUT2D eigenvalue weighted by Crippen LogP contribution is -2.00. The molecule has 0 aromatic heterocycles. The number of rotatable bonds is 12. The summed E-state index contributed by atoms with van der Waals surface area (Å²) in [6.45, 7) is 2.15. The predicted octanol–water partition coefficient (Wildman–Crippen LogP) is 4.24. The second-order valence-corrected chi connectivity index (χ2v) is 4.87. The van der Waals surface area contributed by atoms with Gasteiger partial charge in [-0.3, -0.25) is 4.79 Å². The first kappa shape index (κ1) is 18.7. The van der Waals surface area contributed by atoms with Crippen molar-refractivity contribution in [1.29, 1.82) is 0 Å². The summed E-state index contributed by atoms with van der Waals surface area (Å²) in [4.78, 5) is 10.3. The number of hydrogen-bond donors (Lipinski definition) is 2. The van der Waals surface area contributed by atoms with Gasteiger partial charge < -0.3 is 10.2 Å². The molecule has 0 aliphatic heterocycles. The largest absolute Gasteiger partial charge is 0.481 e. The van der Waals surface area contributed by atoms with E-state index >= 15 is 0 Å². The lowest BCUT2D eigenvalue weighted by atomic mass is 10.1. The highest BCUT2D eigenvalue weighted by Crippen LogP contribution is 2.04. The SMILES string of the molecule is CCCCCC(O)/C=C\C=C\C/C=C/CCCC(=O)O. The lowest BCUT2D eigenvalue weighted by Gasteiger charge is -2.02. The van der Waals surface area contributed by atoms with Gasteiger partial charge in [-0.2, -0.15) is 0 Å². The highest BCUT2D eigenvalue weighted by Gasteiger charge is 1.96. The zero-order valence-corrected chi connectivity index (χ0v) is 12.5. The highest BCUT2D eigenvalue weighted by atomic mass is 16.4.